The summed E-state index contributed by atoms with van der Waals surface area (Å²) in [4.78, 5) is 26.4. The molecule has 2 aromatic heterocycles. The molecule has 2 atom stereocenters. The van der Waals surface area contributed by atoms with E-state index in [0.717, 1.165) is 19.3 Å². The zero-order valence-corrected chi connectivity index (χ0v) is 20.2. The minimum absolute atomic E-state index is 0.240. The van der Waals surface area contributed by atoms with Crippen LogP contribution in [0.5, 0.6) is 0 Å². The van der Waals surface area contributed by atoms with Crippen molar-refractivity contribution in [3.8, 4) is 0 Å². The summed E-state index contributed by atoms with van der Waals surface area (Å²) in [5.41, 5.74) is 0.922. The van der Waals surface area contributed by atoms with Crippen LogP contribution in [0.2, 0.25) is 0 Å². The highest BCUT2D eigenvalue weighted by molar-refractivity contribution is 7.98. The number of fused-ring (bicyclic) bond motifs is 1. The Balaban J connectivity index is 2.16. The molecule has 2 rings (SSSR count). The van der Waals surface area contributed by atoms with Crippen LogP contribution in [0, 0.1) is 0 Å². The van der Waals surface area contributed by atoms with Gasteiger partial charge in [-0.1, -0.05) is 51.9 Å². The minimum Gasteiger partial charge on any atom is -0.450 e. The highest BCUT2D eigenvalue weighted by Gasteiger charge is 2.25. The van der Waals surface area contributed by atoms with Gasteiger partial charge in [0.15, 0.2) is 5.65 Å². The van der Waals surface area contributed by atoms with Gasteiger partial charge in [-0.05, 0) is 12.7 Å². The Morgan fingerprint density at radius 1 is 1.19 bits per heavy atom. The number of aliphatic hydroxyl groups is 1. The Bertz CT molecular complexity index is 847. The first kappa shape index (κ1) is 26.1. The number of nitrogens with zero attached hydrogens (tertiary/aromatic N) is 5. The third-order valence-electron chi connectivity index (χ3n) is 5.04. The van der Waals surface area contributed by atoms with Crippen LogP contribution >= 0.6 is 11.8 Å². The first-order valence-electron chi connectivity index (χ1n) is 11.0. The second-order valence-electron chi connectivity index (χ2n) is 7.79. The molecule has 2 heterocycles. The number of imidazole rings is 1. The van der Waals surface area contributed by atoms with Gasteiger partial charge in [0.25, 0.3) is 6.41 Å². The van der Waals surface area contributed by atoms with Crippen molar-refractivity contribution in [2.75, 3.05) is 31.9 Å². The van der Waals surface area contributed by atoms with Crippen molar-refractivity contribution in [3.63, 3.8) is 0 Å². The topological polar surface area (TPSA) is 123 Å². The summed E-state index contributed by atoms with van der Waals surface area (Å²) in [5.74, 6) is 0.458. The smallest absolute Gasteiger partial charge is 0.450 e. The quantitative estimate of drug-likeness (QED) is 0.128. The van der Waals surface area contributed by atoms with E-state index in [1.807, 2.05) is 20.4 Å². The Morgan fingerprint density at radius 2 is 1.88 bits per heavy atom. The molecule has 0 spiro atoms. The predicted octanol–water partition coefficient (Wildman–Crippen LogP) is 4.28. The van der Waals surface area contributed by atoms with E-state index in [-0.39, 0.29) is 6.61 Å². The van der Waals surface area contributed by atoms with Crippen LogP contribution in [-0.4, -0.2) is 68.9 Å². The number of unbranched alkanes of at least 4 members (excludes halogenated alkanes) is 6. The van der Waals surface area contributed by atoms with Gasteiger partial charge >= 0.3 is 6.16 Å². The molecule has 0 aliphatic heterocycles. The number of carboxylic acid groups (broad SMARTS) is 1. The van der Waals surface area contributed by atoms with Crippen molar-refractivity contribution >= 4 is 35.0 Å². The predicted molar refractivity (Wildman–Crippen MR) is 124 cm³/mol. The molecule has 0 saturated heterocycles. The molecule has 0 saturated carbocycles. The number of anilines is 1. The van der Waals surface area contributed by atoms with Gasteiger partial charge < -0.3 is 24.6 Å². The van der Waals surface area contributed by atoms with Gasteiger partial charge in [0, 0.05) is 14.1 Å². The van der Waals surface area contributed by atoms with E-state index in [2.05, 4.69) is 21.9 Å². The standard InChI is InChI=1S/C21H35N5O5S/c1-5-6-7-8-9-10-11-12-15(13-27)30-20(31-21(28)29)26-14-22-16-17(26)23-19(25(2)3)24-18(16)32-4/h14-15,20,27H,5-13H2,1-4H3,(H,28,29). The molecule has 10 nitrogen and oxygen atoms in total. The van der Waals surface area contributed by atoms with E-state index in [4.69, 9.17) is 9.47 Å². The average molecular weight is 470 g/mol. The molecule has 0 bridgehead atoms. The molecule has 32 heavy (non-hydrogen) atoms. The van der Waals surface area contributed by atoms with Crippen LogP contribution in [0.15, 0.2) is 11.4 Å². The van der Waals surface area contributed by atoms with Crippen LogP contribution in [-0.2, 0) is 9.47 Å². The van der Waals surface area contributed by atoms with Crippen LogP contribution < -0.4 is 4.90 Å². The summed E-state index contributed by atoms with van der Waals surface area (Å²) in [7, 11) is 3.63. The van der Waals surface area contributed by atoms with Gasteiger partial charge in [-0.3, -0.25) is 4.57 Å². The van der Waals surface area contributed by atoms with Crippen molar-refractivity contribution in [1.82, 2.24) is 19.5 Å². The SMILES string of the molecule is CCCCCCCCCC(CO)OC(OC(=O)O)n1cnc2c(SC)nc(N(C)C)nc21. The van der Waals surface area contributed by atoms with E-state index in [1.165, 1.54) is 48.3 Å². The Morgan fingerprint density at radius 3 is 2.47 bits per heavy atom. The van der Waals surface area contributed by atoms with Gasteiger partial charge in [-0.2, -0.15) is 4.98 Å². The molecule has 0 aliphatic rings. The van der Waals surface area contributed by atoms with Crippen molar-refractivity contribution in [2.24, 2.45) is 0 Å². The van der Waals surface area contributed by atoms with E-state index in [0.29, 0.717) is 28.6 Å². The molecule has 0 amide bonds. The largest absolute Gasteiger partial charge is 0.509 e. The molecular weight excluding hydrogens is 434 g/mol. The van der Waals surface area contributed by atoms with Crippen molar-refractivity contribution < 1.29 is 24.5 Å². The summed E-state index contributed by atoms with van der Waals surface area (Å²) < 4.78 is 12.3. The Hall–Kier alpha value is -2.11. The minimum atomic E-state index is -1.49. The van der Waals surface area contributed by atoms with Crippen LogP contribution in [0.25, 0.3) is 11.2 Å². The maximum absolute atomic E-state index is 11.4. The number of aliphatic hydroxyl groups excluding tert-OH is 1. The molecule has 0 fully saturated rings. The fourth-order valence-corrected chi connectivity index (χ4v) is 3.82. The van der Waals surface area contributed by atoms with Crippen molar-refractivity contribution in [1.29, 1.82) is 0 Å². The number of rotatable bonds is 15. The maximum Gasteiger partial charge on any atom is 0.509 e. The van der Waals surface area contributed by atoms with Crippen LogP contribution in [0.3, 0.4) is 0 Å². The van der Waals surface area contributed by atoms with E-state index in [9.17, 15) is 15.0 Å². The molecule has 0 radical (unpaired) electrons. The number of ether oxygens (including phenoxy) is 2. The average Bonchev–Trinajstić information content (AvgIpc) is 3.20. The lowest BCUT2D eigenvalue weighted by Gasteiger charge is -2.23. The first-order chi connectivity index (χ1) is 15.4. The van der Waals surface area contributed by atoms with Gasteiger partial charge in [0.05, 0.1) is 12.7 Å². The zero-order valence-electron chi connectivity index (χ0n) is 19.4. The lowest BCUT2D eigenvalue weighted by molar-refractivity contribution is -0.199. The van der Waals surface area contributed by atoms with E-state index < -0.39 is 18.7 Å². The molecule has 0 aliphatic carbocycles. The molecule has 2 N–H and O–H groups in total. The molecule has 180 valence electrons. The number of carbonyl (C=O) groups is 1. The second-order valence-corrected chi connectivity index (χ2v) is 8.59. The summed E-state index contributed by atoms with van der Waals surface area (Å²) in [5, 5.41) is 19.7. The molecule has 11 heteroatoms. The number of hydrogen-bond donors (Lipinski definition) is 2. The lowest BCUT2D eigenvalue weighted by Crippen LogP contribution is -2.27. The van der Waals surface area contributed by atoms with Gasteiger partial charge in [0.2, 0.25) is 5.95 Å². The fourth-order valence-electron chi connectivity index (χ4n) is 3.31. The number of hydrogen-bond acceptors (Lipinski definition) is 9. The van der Waals surface area contributed by atoms with Crippen LogP contribution in [0.4, 0.5) is 10.7 Å². The lowest BCUT2D eigenvalue weighted by atomic mass is 10.1. The maximum atomic E-state index is 11.4. The van der Waals surface area contributed by atoms with Crippen molar-refractivity contribution in [3.05, 3.63) is 6.33 Å². The van der Waals surface area contributed by atoms with E-state index in [1.54, 1.807) is 4.90 Å². The summed E-state index contributed by atoms with van der Waals surface area (Å²) in [6, 6.07) is 0. The van der Waals surface area contributed by atoms with Gasteiger partial charge in [0.1, 0.15) is 16.9 Å². The van der Waals surface area contributed by atoms with Gasteiger partial charge in [-0.15, -0.1) is 11.8 Å². The number of aromatic nitrogens is 4. The highest BCUT2D eigenvalue weighted by Crippen LogP contribution is 2.28. The molecule has 2 aromatic rings. The molecular formula is C21H35N5O5S. The van der Waals surface area contributed by atoms with Gasteiger partial charge in [-0.25, -0.2) is 14.8 Å². The monoisotopic (exact) mass is 469 g/mol. The normalized spacial score (nSPS) is 13.3. The number of thioether (sulfide) groups is 1. The van der Waals surface area contributed by atoms with Crippen molar-refractivity contribution in [2.45, 2.75) is 75.8 Å². The Labute approximate surface area is 193 Å². The second kappa shape index (κ2) is 13.4. The molecule has 0 aromatic carbocycles. The Kier molecular flexibility index (Phi) is 11.0. The summed E-state index contributed by atoms with van der Waals surface area (Å²) in [6.07, 6.45) is 8.51. The third kappa shape index (κ3) is 7.49. The zero-order chi connectivity index (χ0) is 23.5. The highest BCUT2D eigenvalue weighted by atomic mass is 32.2. The molecule has 2 unspecified atom stereocenters. The fraction of sp³-hybridized carbons (Fsp3) is 0.714. The van der Waals surface area contributed by atoms with Crippen LogP contribution in [0.1, 0.15) is 64.7 Å². The third-order valence-corrected chi connectivity index (χ3v) is 5.71. The first-order valence-corrected chi connectivity index (χ1v) is 12.3. The van der Waals surface area contributed by atoms with E-state index >= 15 is 0 Å². The summed E-state index contributed by atoms with van der Waals surface area (Å²) >= 11 is 1.42. The summed E-state index contributed by atoms with van der Waals surface area (Å²) in [6.45, 7) is 1.95.